The number of benzene rings is 2. The maximum Gasteiger partial charge on any atom is 0.349 e. The van der Waals surface area contributed by atoms with Crippen LogP contribution in [0.4, 0.5) is 5.69 Å². The van der Waals surface area contributed by atoms with Crippen molar-refractivity contribution in [1.82, 2.24) is 0 Å². The summed E-state index contributed by atoms with van der Waals surface area (Å²) in [6, 6.07) is 13.7. The minimum Gasteiger partial charge on any atom is -0.482 e. The molecule has 0 fully saturated rings. The Kier molecular flexibility index (Phi) is 3.91. The molecule has 1 aliphatic heterocycles. The molecule has 1 N–H and O–H groups in total. The summed E-state index contributed by atoms with van der Waals surface area (Å²) in [6.45, 7) is -0.221. The number of carbonyl (C=O) groups is 2. The van der Waals surface area contributed by atoms with Crippen LogP contribution in [0.15, 0.2) is 48.5 Å². The van der Waals surface area contributed by atoms with Gasteiger partial charge in [0.25, 0.3) is 5.91 Å². The predicted octanol–water partition coefficient (Wildman–Crippen LogP) is 2.00. The molecule has 0 radical (unpaired) electrons. The second kappa shape index (κ2) is 6.17. The molecule has 3 rings (SSSR count). The summed E-state index contributed by atoms with van der Waals surface area (Å²) in [7, 11) is 0. The highest BCUT2D eigenvalue weighted by Gasteiger charge is 2.17. The highest BCUT2D eigenvalue weighted by molar-refractivity contribution is 5.95. The van der Waals surface area contributed by atoms with Crippen LogP contribution in [0.25, 0.3) is 0 Å². The number of hydrogen-bond acceptors (Lipinski definition) is 5. The Hall–Kier alpha value is -3.02. The van der Waals surface area contributed by atoms with E-state index in [1.165, 1.54) is 6.07 Å². The zero-order chi connectivity index (χ0) is 15.4. The normalized spacial score (nSPS) is 12.6. The Morgan fingerprint density at radius 3 is 2.77 bits per heavy atom. The molecule has 0 unspecified atom stereocenters. The van der Waals surface area contributed by atoms with E-state index in [2.05, 4.69) is 5.32 Å². The van der Waals surface area contributed by atoms with Gasteiger partial charge in [-0.15, -0.1) is 0 Å². The summed E-state index contributed by atoms with van der Waals surface area (Å²) in [5, 5.41) is 2.64. The van der Waals surface area contributed by atoms with Gasteiger partial charge in [-0.25, -0.2) is 4.79 Å². The number of amides is 1. The maximum atomic E-state index is 11.8. The number of rotatable bonds is 4. The van der Waals surface area contributed by atoms with E-state index in [0.717, 1.165) is 0 Å². The third kappa shape index (κ3) is 3.35. The average molecular weight is 299 g/mol. The van der Waals surface area contributed by atoms with Crippen LogP contribution in [0.3, 0.4) is 0 Å². The first-order valence-electron chi connectivity index (χ1n) is 6.66. The number of para-hydroxylation sites is 1. The second-order valence-electron chi connectivity index (χ2n) is 4.57. The van der Waals surface area contributed by atoms with Gasteiger partial charge in [0, 0.05) is 6.07 Å². The maximum absolute atomic E-state index is 11.8. The lowest BCUT2D eigenvalue weighted by molar-refractivity contribution is -0.136. The summed E-state index contributed by atoms with van der Waals surface area (Å²) >= 11 is 0. The standard InChI is InChI=1S/C16H13NO5/c18-15-9-21-14-7-6-12(8-13(14)17-15)22-16(19)10-20-11-4-2-1-3-5-11/h1-8H,9-10H2,(H,17,18). The predicted molar refractivity (Wildman–Crippen MR) is 78.1 cm³/mol. The van der Waals surface area contributed by atoms with Gasteiger partial charge in [0.15, 0.2) is 13.2 Å². The van der Waals surface area contributed by atoms with Crippen LogP contribution in [0.2, 0.25) is 0 Å². The Balaban J connectivity index is 1.60. The second-order valence-corrected chi connectivity index (χ2v) is 4.57. The van der Waals surface area contributed by atoms with Gasteiger partial charge in [0.2, 0.25) is 0 Å². The minimum atomic E-state index is -0.535. The lowest BCUT2D eigenvalue weighted by Crippen LogP contribution is -2.25. The Morgan fingerprint density at radius 1 is 1.14 bits per heavy atom. The van der Waals surface area contributed by atoms with Gasteiger partial charge in [-0.1, -0.05) is 18.2 Å². The number of carbonyl (C=O) groups excluding carboxylic acids is 2. The van der Waals surface area contributed by atoms with Crippen LogP contribution in [-0.4, -0.2) is 25.1 Å². The van der Waals surface area contributed by atoms with Crippen LogP contribution >= 0.6 is 0 Å². The fourth-order valence-corrected chi connectivity index (χ4v) is 1.95. The quantitative estimate of drug-likeness (QED) is 0.690. The summed E-state index contributed by atoms with van der Waals surface area (Å²) in [5.41, 5.74) is 0.477. The molecule has 1 amide bonds. The SMILES string of the molecule is O=C1COc2ccc(OC(=O)COc3ccccc3)cc2N1. The minimum absolute atomic E-state index is 0.0168. The van der Waals surface area contributed by atoms with E-state index in [-0.39, 0.29) is 19.1 Å². The topological polar surface area (TPSA) is 73.9 Å². The van der Waals surface area contributed by atoms with E-state index in [0.29, 0.717) is 22.9 Å². The molecular weight excluding hydrogens is 286 g/mol. The van der Waals surface area contributed by atoms with Crippen molar-refractivity contribution in [2.75, 3.05) is 18.5 Å². The van der Waals surface area contributed by atoms with Crippen LogP contribution in [-0.2, 0) is 9.59 Å². The lowest BCUT2D eigenvalue weighted by Gasteiger charge is -2.18. The van der Waals surface area contributed by atoms with Crippen LogP contribution in [0.5, 0.6) is 17.2 Å². The Bertz CT molecular complexity index is 699. The van der Waals surface area contributed by atoms with Gasteiger partial charge in [0.1, 0.15) is 17.2 Å². The zero-order valence-corrected chi connectivity index (χ0v) is 11.6. The van der Waals surface area contributed by atoms with E-state index >= 15 is 0 Å². The van der Waals surface area contributed by atoms with E-state index in [9.17, 15) is 9.59 Å². The first kappa shape index (κ1) is 13.9. The van der Waals surface area contributed by atoms with E-state index in [1.807, 2.05) is 18.2 Å². The molecule has 1 heterocycles. The number of fused-ring (bicyclic) bond motifs is 1. The third-order valence-electron chi connectivity index (χ3n) is 2.92. The van der Waals surface area contributed by atoms with Gasteiger partial charge in [-0.3, -0.25) is 4.79 Å². The molecule has 0 bridgehead atoms. The average Bonchev–Trinajstić information content (AvgIpc) is 2.53. The zero-order valence-electron chi connectivity index (χ0n) is 11.6. The van der Waals surface area contributed by atoms with Crippen molar-refractivity contribution in [3.05, 3.63) is 48.5 Å². The molecule has 6 heteroatoms. The molecule has 0 aromatic heterocycles. The summed E-state index contributed by atoms with van der Waals surface area (Å²) in [4.78, 5) is 23.0. The van der Waals surface area contributed by atoms with Gasteiger partial charge < -0.3 is 19.5 Å². The van der Waals surface area contributed by atoms with Gasteiger partial charge in [-0.2, -0.15) is 0 Å². The van der Waals surface area contributed by atoms with Crippen LogP contribution < -0.4 is 19.5 Å². The summed E-state index contributed by atoms with van der Waals surface area (Å²) in [5.74, 6) is 0.659. The fourth-order valence-electron chi connectivity index (χ4n) is 1.95. The van der Waals surface area contributed by atoms with Gasteiger partial charge >= 0.3 is 5.97 Å². The fraction of sp³-hybridized carbons (Fsp3) is 0.125. The molecule has 0 spiro atoms. The van der Waals surface area contributed by atoms with Crippen LogP contribution in [0.1, 0.15) is 0 Å². The largest absolute Gasteiger partial charge is 0.482 e. The van der Waals surface area contributed by atoms with Crippen molar-refractivity contribution >= 4 is 17.6 Å². The molecule has 0 atom stereocenters. The number of ether oxygens (including phenoxy) is 3. The molecule has 2 aromatic carbocycles. The smallest absolute Gasteiger partial charge is 0.349 e. The molecule has 1 aliphatic rings. The molecule has 2 aromatic rings. The first-order chi connectivity index (χ1) is 10.7. The first-order valence-corrected chi connectivity index (χ1v) is 6.66. The summed E-state index contributed by atoms with van der Waals surface area (Å²) in [6.07, 6.45) is 0. The molecule has 0 saturated carbocycles. The van der Waals surface area contributed by atoms with Crippen molar-refractivity contribution in [3.8, 4) is 17.2 Å². The molecular formula is C16H13NO5. The number of esters is 1. The van der Waals surface area contributed by atoms with Crippen molar-refractivity contribution in [1.29, 1.82) is 0 Å². The lowest BCUT2D eigenvalue weighted by atomic mass is 10.2. The van der Waals surface area contributed by atoms with E-state index < -0.39 is 5.97 Å². The molecule has 0 aliphatic carbocycles. The molecule has 22 heavy (non-hydrogen) atoms. The van der Waals surface area contributed by atoms with Gasteiger partial charge in [-0.05, 0) is 24.3 Å². The Labute approximate surface area is 126 Å². The van der Waals surface area contributed by atoms with Crippen molar-refractivity contribution in [3.63, 3.8) is 0 Å². The van der Waals surface area contributed by atoms with Crippen molar-refractivity contribution in [2.24, 2.45) is 0 Å². The summed E-state index contributed by atoms with van der Waals surface area (Å²) < 4.78 is 15.7. The van der Waals surface area contributed by atoms with Crippen LogP contribution in [0, 0.1) is 0 Å². The van der Waals surface area contributed by atoms with E-state index in [1.54, 1.807) is 24.3 Å². The van der Waals surface area contributed by atoms with Crippen molar-refractivity contribution < 1.29 is 23.8 Å². The molecule has 112 valence electrons. The van der Waals surface area contributed by atoms with Crippen molar-refractivity contribution in [2.45, 2.75) is 0 Å². The highest BCUT2D eigenvalue weighted by atomic mass is 16.6. The number of anilines is 1. The van der Waals surface area contributed by atoms with Gasteiger partial charge in [0.05, 0.1) is 5.69 Å². The molecule has 0 saturated heterocycles. The number of hydrogen-bond donors (Lipinski definition) is 1. The third-order valence-corrected chi connectivity index (χ3v) is 2.92. The highest BCUT2D eigenvalue weighted by Crippen LogP contribution is 2.31. The van der Waals surface area contributed by atoms with E-state index in [4.69, 9.17) is 14.2 Å². The molecule has 6 nitrogen and oxygen atoms in total. The Morgan fingerprint density at radius 2 is 1.95 bits per heavy atom. The monoisotopic (exact) mass is 299 g/mol. The number of nitrogens with one attached hydrogen (secondary N) is 1.